The van der Waals surface area contributed by atoms with Gasteiger partial charge in [0.15, 0.2) is 6.54 Å². The fourth-order valence-corrected chi connectivity index (χ4v) is 5.63. The maximum atomic E-state index is 13.3. The lowest BCUT2D eigenvalue weighted by atomic mass is 10.0. The summed E-state index contributed by atoms with van der Waals surface area (Å²) in [6.07, 6.45) is 0. The van der Waals surface area contributed by atoms with Crippen LogP contribution in [0.1, 0.15) is 36.1 Å². The first-order valence-electron chi connectivity index (χ1n) is 9.95. The van der Waals surface area contributed by atoms with Gasteiger partial charge in [0, 0.05) is 6.04 Å². The van der Waals surface area contributed by atoms with Gasteiger partial charge in [-0.1, -0.05) is 6.07 Å². The topological polar surface area (TPSA) is 100 Å². The van der Waals surface area contributed by atoms with Crippen molar-refractivity contribution in [2.45, 2.75) is 52.5 Å². The van der Waals surface area contributed by atoms with Crippen molar-refractivity contribution in [3.05, 3.63) is 28.3 Å². The van der Waals surface area contributed by atoms with Gasteiger partial charge in [-0.15, -0.1) is 0 Å². The number of quaternary nitrogens is 1. The summed E-state index contributed by atoms with van der Waals surface area (Å²) in [5, 5.41) is 4.92. The molecule has 0 atom stereocenters. The van der Waals surface area contributed by atoms with E-state index in [1.54, 1.807) is 0 Å². The monoisotopic (exact) mass is 425 g/mol. The second-order valence-corrected chi connectivity index (χ2v) is 9.97. The molecule has 162 valence electrons. The minimum atomic E-state index is -3.60. The van der Waals surface area contributed by atoms with Gasteiger partial charge in [-0.05, 0) is 63.8 Å². The Labute approximate surface area is 173 Å². The Hall–Kier alpha value is -1.97. The van der Waals surface area contributed by atoms with Crippen molar-refractivity contribution in [2.24, 2.45) is 0 Å². The number of amides is 3. The molecule has 0 aromatic heterocycles. The molecule has 0 saturated carbocycles. The number of sulfonamides is 1. The van der Waals surface area contributed by atoms with Gasteiger partial charge in [0.2, 0.25) is 10.0 Å². The predicted molar refractivity (Wildman–Crippen MR) is 112 cm³/mol. The van der Waals surface area contributed by atoms with Crippen molar-refractivity contribution in [1.82, 2.24) is 14.9 Å². The van der Waals surface area contributed by atoms with E-state index in [9.17, 15) is 18.0 Å². The number of hydrogen-bond donors (Lipinski definition) is 3. The summed E-state index contributed by atoms with van der Waals surface area (Å²) in [4.78, 5) is 25.0. The maximum Gasteiger partial charge on any atom is 0.321 e. The number of hydrogen-bond acceptors (Lipinski definition) is 4. The molecule has 29 heavy (non-hydrogen) atoms. The Morgan fingerprint density at radius 1 is 1.07 bits per heavy atom. The molecule has 1 saturated heterocycles. The Bertz CT molecular complexity index is 862. The van der Waals surface area contributed by atoms with Gasteiger partial charge in [0.25, 0.3) is 5.91 Å². The summed E-state index contributed by atoms with van der Waals surface area (Å²) in [7, 11) is -3.60. The number of piperazine rings is 1. The van der Waals surface area contributed by atoms with Gasteiger partial charge in [-0.3, -0.25) is 10.1 Å². The van der Waals surface area contributed by atoms with E-state index in [1.165, 1.54) is 4.31 Å². The largest absolute Gasteiger partial charge is 0.336 e. The molecule has 0 spiro atoms. The number of rotatable bonds is 5. The highest BCUT2D eigenvalue weighted by Crippen LogP contribution is 2.28. The smallest absolute Gasteiger partial charge is 0.321 e. The molecule has 3 N–H and O–H groups in total. The van der Waals surface area contributed by atoms with Crippen LogP contribution in [0.2, 0.25) is 0 Å². The second kappa shape index (κ2) is 9.23. The van der Waals surface area contributed by atoms with Crippen LogP contribution in [0.3, 0.4) is 0 Å². The number of nitrogens with one attached hydrogen (secondary N) is 3. The van der Waals surface area contributed by atoms with Crippen LogP contribution in [0.5, 0.6) is 0 Å². The van der Waals surface area contributed by atoms with Crippen LogP contribution < -0.4 is 15.5 Å². The number of nitrogens with zero attached hydrogens (tertiary/aromatic N) is 1. The Balaban J connectivity index is 2.02. The summed E-state index contributed by atoms with van der Waals surface area (Å²) in [6.45, 7) is 13.0. The van der Waals surface area contributed by atoms with Crippen LogP contribution in [0.25, 0.3) is 0 Å². The third-order valence-corrected chi connectivity index (χ3v) is 7.58. The minimum absolute atomic E-state index is 0.0546. The molecule has 0 unspecified atom stereocenters. The van der Waals surface area contributed by atoms with Crippen LogP contribution >= 0.6 is 0 Å². The standard InChI is InChI=1S/C20H32N4O4S/c1-13(2)21-20(26)22-18(25)12-23-7-9-24(10-8-23)29(27,28)19-16(5)14(3)11-15(4)17(19)6/h11,13H,7-10,12H2,1-6H3,(H2,21,22,25,26)/p+1. The van der Waals surface area contributed by atoms with Gasteiger partial charge in [0.1, 0.15) is 0 Å². The number of carbonyl (C=O) groups excluding carboxylic acids is 2. The fourth-order valence-electron chi connectivity index (χ4n) is 3.61. The van der Waals surface area contributed by atoms with Gasteiger partial charge in [-0.2, -0.15) is 4.31 Å². The summed E-state index contributed by atoms with van der Waals surface area (Å²) in [5.74, 6) is -0.365. The number of urea groups is 1. The van der Waals surface area contributed by atoms with Crippen LogP contribution in [0.4, 0.5) is 4.79 Å². The third kappa shape index (κ3) is 5.55. The summed E-state index contributed by atoms with van der Waals surface area (Å²) >= 11 is 0. The highest BCUT2D eigenvalue weighted by Gasteiger charge is 2.33. The number of imide groups is 1. The van der Waals surface area contributed by atoms with Crippen LogP contribution in [-0.4, -0.2) is 63.4 Å². The van der Waals surface area contributed by atoms with Crippen molar-refractivity contribution in [3.8, 4) is 0 Å². The van der Waals surface area contributed by atoms with E-state index < -0.39 is 16.1 Å². The molecule has 2 rings (SSSR count). The SMILES string of the molecule is Cc1cc(C)c(C)c(S(=O)(=O)N2CC[NH+](CC(=O)NC(=O)NC(C)C)CC2)c1C. The zero-order valence-electron chi connectivity index (χ0n) is 18.2. The molecule has 1 heterocycles. The van der Waals surface area contributed by atoms with Crippen molar-refractivity contribution in [1.29, 1.82) is 0 Å². The predicted octanol–water partition coefficient (Wildman–Crippen LogP) is 0.0437. The van der Waals surface area contributed by atoms with Crippen LogP contribution in [-0.2, 0) is 14.8 Å². The molecule has 3 amide bonds. The van der Waals surface area contributed by atoms with Gasteiger partial charge >= 0.3 is 6.03 Å². The molecule has 0 aliphatic carbocycles. The highest BCUT2D eigenvalue weighted by atomic mass is 32.2. The zero-order chi connectivity index (χ0) is 21.9. The zero-order valence-corrected chi connectivity index (χ0v) is 19.0. The number of benzene rings is 1. The summed E-state index contributed by atoms with van der Waals surface area (Å²) in [5.41, 5.74) is 3.51. The molecule has 9 heteroatoms. The molecular weight excluding hydrogens is 392 g/mol. The van der Waals surface area contributed by atoms with Gasteiger partial charge < -0.3 is 10.2 Å². The Kier molecular flexibility index (Phi) is 7.42. The Morgan fingerprint density at radius 2 is 1.59 bits per heavy atom. The van der Waals surface area contributed by atoms with E-state index in [1.807, 2.05) is 47.6 Å². The van der Waals surface area contributed by atoms with E-state index in [0.29, 0.717) is 31.1 Å². The number of aryl methyl sites for hydroxylation is 2. The minimum Gasteiger partial charge on any atom is -0.336 e. The molecule has 0 bridgehead atoms. The maximum absolute atomic E-state index is 13.3. The summed E-state index contributed by atoms with van der Waals surface area (Å²) < 4.78 is 28.1. The van der Waals surface area contributed by atoms with Crippen molar-refractivity contribution >= 4 is 22.0 Å². The number of carbonyl (C=O) groups is 2. The fraction of sp³-hybridized carbons (Fsp3) is 0.600. The van der Waals surface area contributed by atoms with Crippen LogP contribution in [0, 0.1) is 27.7 Å². The molecule has 1 aliphatic rings. The van der Waals surface area contributed by atoms with E-state index >= 15 is 0 Å². The Morgan fingerprint density at radius 3 is 2.07 bits per heavy atom. The highest BCUT2D eigenvalue weighted by molar-refractivity contribution is 7.89. The molecular formula is C20H33N4O4S+. The molecule has 1 aromatic rings. The first-order valence-corrected chi connectivity index (χ1v) is 11.4. The molecule has 1 fully saturated rings. The molecule has 1 aliphatic heterocycles. The van der Waals surface area contributed by atoms with Crippen molar-refractivity contribution < 1.29 is 22.9 Å². The van der Waals surface area contributed by atoms with Crippen LogP contribution in [0.15, 0.2) is 11.0 Å². The average molecular weight is 426 g/mol. The summed E-state index contributed by atoms with van der Waals surface area (Å²) in [6, 6.07) is 1.45. The lowest BCUT2D eigenvalue weighted by molar-refractivity contribution is -0.895. The molecule has 0 radical (unpaired) electrons. The second-order valence-electron chi connectivity index (χ2n) is 8.10. The lowest BCUT2D eigenvalue weighted by Gasteiger charge is -2.32. The normalized spacial score (nSPS) is 16.1. The van der Waals surface area contributed by atoms with Gasteiger partial charge in [-0.25, -0.2) is 13.2 Å². The van der Waals surface area contributed by atoms with Crippen molar-refractivity contribution in [3.63, 3.8) is 0 Å². The van der Waals surface area contributed by atoms with Gasteiger partial charge in [0.05, 0.1) is 31.1 Å². The first-order chi connectivity index (χ1) is 13.4. The quantitative estimate of drug-likeness (QED) is 0.620. The van der Waals surface area contributed by atoms with E-state index in [0.717, 1.165) is 27.2 Å². The van der Waals surface area contributed by atoms with E-state index in [2.05, 4.69) is 10.6 Å². The van der Waals surface area contributed by atoms with Crippen molar-refractivity contribution in [2.75, 3.05) is 32.7 Å². The third-order valence-electron chi connectivity index (χ3n) is 5.41. The first kappa shape index (κ1) is 23.3. The van der Waals surface area contributed by atoms with E-state index in [4.69, 9.17) is 0 Å². The average Bonchev–Trinajstić information content (AvgIpc) is 2.59. The molecule has 8 nitrogen and oxygen atoms in total. The van der Waals surface area contributed by atoms with E-state index in [-0.39, 0.29) is 18.5 Å². The molecule has 1 aromatic carbocycles. The lowest BCUT2D eigenvalue weighted by Crippen LogP contribution is -3.15.